The van der Waals surface area contributed by atoms with Gasteiger partial charge in [-0.3, -0.25) is 0 Å². The molecule has 2 atom stereocenters. The molecule has 1 heteroatoms. The maximum absolute atomic E-state index is 13.0. The van der Waals surface area contributed by atoms with E-state index in [2.05, 4.69) is 40.0 Å². The van der Waals surface area contributed by atoms with Gasteiger partial charge in [0.2, 0.25) is 0 Å². The number of hydrogen-bond acceptors (Lipinski definition) is 0. The van der Waals surface area contributed by atoms with Gasteiger partial charge in [-0.1, -0.05) is 64.5 Å². The lowest BCUT2D eigenvalue weighted by molar-refractivity contribution is 0.445. The van der Waals surface area contributed by atoms with Crippen LogP contribution >= 0.6 is 0 Å². The Morgan fingerprint density at radius 3 is 2.37 bits per heavy atom. The fourth-order valence-corrected chi connectivity index (χ4v) is 2.41. The van der Waals surface area contributed by atoms with E-state index < -0.39 is 5.83 Å². The van der Waals surface area contributed by atoms with Crippen LogP contribution in [0.15, 0.2) is 47.9 Å². The second kappa shape index (κ2) is 7.47. The van der Waals surface area contributed by atoms with Gasteiger partial charge in [0, 0.05) is 5.57 Å². The Morgan fingerprint density at radius 1 is 1.21 bits per heavy atom. The molecule has 0 heterocycles. The molecule has 0 radical (unpaired) electrons. The lowest BCUT2D eigenvalue weighted by atomic mass is 9.84. The standard InChI is InChI=1S/C18H27F/c1-6-13(2)7-8-14(3)17-9-11-18(12-10-17)15(4)16(5)19/h9,11,13-14H,4-8,10,12H2,1-3H3. The van der Waals surface area contributed by atoms with E-state index in [0.29, 0.717) is 11.5 Å². The molecule has 0 aromatic carbocycles. The Balaban J connectivity index is 2.57. The van der Waals surface area contributed by atoms with Crippen molar-refractivity contribution in [2.75, 3.05) is 0 Å². The predicted octanol–water partition coefficient (Wildman–Crippen LogP) is 6.13. The van der Waals surface area contributed by atoms with Crippen LogP contribution in [0.4, 0.5) is 4.39 Å². The molecule has 0 saturated heterocycles. The SMILES string of the molecule is C=C(F)C(=C)C1=CC=C(C(C)CCC(C)CC)CC1. The maximum atomic E-state index is 13.0. The molecule has 0 saturated carbocycles. The summed E-state index contributed by atoms with van der Waals surface area (Å²) < 4.78 is 13.0. The third kappa shape index (κ3) is 4.81. The zero-order chi connectivity index (χ0) is 14.4. The normalized spacial score (nSPS) is 18.3. The molecule has 0 aromatic heterocycles. The van der Waals surface area contributed by atoms with Gasteiger partial charge in [-0.25, -0.2) is 4.39 Å². The first kappa shape index (κ1) is 15.9. The highest BCUT2D eigenvalue weighted by Gasteiger charge is 2.15. The van der Waals surface area contributed by atoms with E-state index in [4.69, 9.17) is 0 Å². The summed E-state index contributed by atoms with van der Waals surface area (Å²) in [6, 6.07) is 0. The van der Waals surface area contributed by atoms with Crippen molar-refractivity contribution in [1.29, 1.82) is 0 Å². The summed E-state index contributed by atoms with van der Waals surface area (Å²) in [5.74, 6) is 1.04. The molecule has 1 aliphatic carbocycles. The quantitative estimate of drug-likeness (QED) is 0.484. The van der Waals surface area contributed by atoms with Crippen LogP contribution in [-0.4, -0.2) is 0 Å². The van der Waals surface area contributed by atoms with E-state index in [1.54, 1.807) is 0 Å². The summed E-state index contributed by atoms with van der Waals surface area (Å²) in [4.78, 5) is 0. The molecular weight excluding hydrogens is 235 g/mol. The number of halogens is 1. The van der Waals surface area contributed by atoms with Crippen LogP contribution in [0.5, 0.6) is 0 Å². The van der Waals surface area contributed by atoms with Gasteiger partial charge in [0.1, 0.15) is 5.83 Å². The van der Waals surface area contributed by atoms with Crippen molar-refractivity contribution >= 4 is 0 Å². The van der Waals surface area contributed by atoms with Crippen molar-refractivity contribution in [3.05, 3.63) is 47.9 Å². The molecule has 19 heavy (non-hydrogen) atoms. The summed E-state index contributed by atoms with van der Waals surface area (Å²) in [5, 5.41) is 0. The molecule has 0 N–H and O–H groups in total. The van der Waals surface area contributed by atoms with Crippen molar-refractivity contribution in [1.82, 2.24) is 0 Å². The largest absolute Gasteiger partial charge is 0.207 e. The lowest BCUT2D eigenvalue weighted by Gasteiger charge is -2.21. The van der Waals surface area contributed by atoms with Crippen LogP contribution in [0, 0.1) is 11.8 Å². The van der Waals surface area contributed by atoms with Crippen LogP contribution in [-0.2, 0) is 0 Å². The molecule has 0 amide bonds. The van der Waals surface area contributed by atoms with Gasteiger partial charge >= 0.3 is 0 Å². The van der Waals surface area contributed by atoms with Crippen LogP contribution < -0.4 is 0 Å². The third-order valence-corrected chi connectivity index (χ3v) is 4.32. The molecule has 2 unspecified atom stereocenters. The summed E-state index contributed by atoms with van der Waals surface area (Å²) >= 11 is 0. The molecule has 0 nitrogen and oxygen atoms in total. The first-order valence-corrected chi connectivity index (χ1v) is 7.39. The Bertz CT molecular complexity index is 398. The highest BCUT2D eigenvalue weighted by Crippen LogP contribution is 2.32. The molecule has 0 bridgehead atoms. The van der Waals surface area contributed by atoms with Crippen LogP contribution in [0.1, 0.15) is 52.9 Å². The first-order chi connectivity index (χ1) is 8.95. The van der Waals surface area contributed by atoms with Gasteiger partial charge in [-0.2, -0.15) is 0 Å². The maximum Gasteiger partial charge on any atom is 0.122 e. The minimum Gasteiger partial charge on any atom is -0.207 e. The number of allylic oxidation sites excluding steroid dienone is 6. The summed E-state index contributed by atoms with van der Waals surface area (Å²) in [6.07, 6.45) is 9.90. The predicted molar refractivity (Wildman–Crippen MR) is 82.6 cm³/mol. The van der Waals surface area contributed by atoms with Crippen LogP contribution in [0.2, 0.25) is 0 Å². The van der Waals surface area contributed by atoms with Crippen LogP contribution in [0.25, 0.3) is 0 Å². The lowest BCUT2D eigenvalue weighted by Crippen LogP contribution is -2.06. The Hall–Kier alpha value is -1.11. The number of hydrogen-bond donors (Lipinski definition) is 0. The van der Waals surface area contributed by atoms with E-state index in [1.165, 1.54) is 24.8 Å². The van der Waals surface area contributed by atoms with E-state index in [9.17, 15) is 4.39 Å². The minimum absolute atomic E-state index is 0.409. The van der Waals surface area contributed by atoms with E-state index in [-0.39, 0.29) is 0 Å². The van der Waals surface area contributed by atoms with Gasteiger partial charge < -0.3 is 0 Å². The fourth-order valence-electron chi connectivity index (χ4n) is 2.41. The summed E-state index contributed by atoms with van der Waals surface area (Å²) in [5.41, 5.74) is 2.94. The topological polar surface area (TPSA) is 0 Å². The van der Waals surface area contributed by atoms with Gasteiger partial charge in [0.25, 0.3) is 0 Å². The van der Waals surface area contributed by atoms with Crippen molar-refractivity contribution in [3.8, 4) is 0 Å². The molecule has 0 fully saturated rings. The highest BCUT2D eigenvalue weighted by molar-refractivity contribution is 5.44. The van der Waals surface area contributed by atoms with Gasteiger partial charge in [0.05, 0.1) is 0 Å². The molecule has 0 aliphatic heterocycles. The third-order valence-electron chi connectivity index (χ3n) is 4.32. The number of rotatable bonds is 7. The van der Waals surface area contributed by atoms with Gasteiger partial charge in [-0.05, 0) is 36.7 Å². The van der Waals surface area contributed by atoms with Gasteiger partial charge in [0.15, 0.2) is 0 Å². The van der Waals surface area contributed by atoms with Crippen molar-refractivity contribution in [2.45, 2.75) is 52.9 Å². The zero-order valence-electron chi connectivity index (χ0n) is 12.6. The van der Waals surface area contributed by atoms with Crippen molar-refractivity contribution in [2.24, 2.45) is 11.8 Å². The minimum atomic E-state index is -0.409. The van der Waals surface area contributed by atoms with Crippen molar-refractivity contribution in [3.63, 3.8) is 0 Å². The molecular formula is C18H27F. The summed E-state index contributed by atoms with van der Waals surface area (Å²) in [6.45, 7) is 13.9. The Kier molecular flexibility index (Phi) is 6.27. The first-order valence-electron chi connectivity index (χ1n) is 7.39. The second-order valence-corrected chi connectivity index (χ2v) is 5.81. The second-order valence-electron chi connectivity index (χ2n) is 5.81. The van der Waals surface area contributed by atoms with Crippen LogP contribution in [0.3, 0.4) is 0 Å². The van der Waals surface area contributed by atoms with E-state index in [1.807, 2.05) is 6.08 Å². The molecule has 0 aromatic rings. The monoisotopic (exact) mass is 262 g/mol. The summed E-state index contributed by atoms with van der Waals surface area (Å²) in [7, 11) is 0. The molecule has 1 rings (SSSR count). The van der Waals surface area contributed by atoms with E-state index >= 15 is 0 Å². The Labute approximate surface area is 117 Å². The van der Waals surface area contributed by atoms with Crippen molar-refractivity contribution < 1.29 is 4.39 Å². The molecule has 1 aliphatic rings. The molecule has 0 spiro atoms. The smallest absolute Gasteiger partial charge is 0.122 e. The fraction of sp³-hybridized carbons (Fsp3) is 0.556. The molecule has 106 valence electrons. The Morgan fingerprint density at radius 2 is 1.89 bits per heavy atom. The average molecular weight is 262 g/mol. The average Bonchev–Trinajstić information content (AvgIpc) is 2.43. The zero-order valence-corrected chi connectivity index (χ0v) is 12.6. The van der Waals surface area contributed by atoms with Gasteiger partial charge in [-0.15, -0.1) is 0 Å². The highest BCUT2D eigenvalue weighted by atomic mass is 19.1. The van der Waals surface area contributed by atoms with E-state index in [0.717, 1.165) is 24.3 Å².